The van der Waals surface area contributed by atoms with Gasteiger partial charge >= 0.3 is 5.97 Å². The minimum Gasteiger partial charge on any atom is -0.481 e. The normalized spacial score (nSPS) is 24.4. The molecule has 0 unspecified atom stereocenters. The van der Waals surface area contributed by atoms with E-state index in [9.17, 15) is 9.59 Å². The van der Waals surface area contributed by atoms with Crippen molar-refractivity contribution in [3.8, 4) is 0 Å². The van der Waals surface area contributed by atoms with Crippen molar-refractivity contribution in [2.24, 2.45) is 11.8 Å². The molecule has 1 aromatic carbocycles. The number of nitrogens with one attached hydrogen (secondary N) is 1. The molecule has 0 spiro atoms. The first-order valence-corrected chi connectivity index (χ1v) is 6.86. The molecule has 2 aliphatic rings. The molecule has 1 fully saturated rings. The van der Waals surface area contributed by atoms with Crippen molar-refractivity contribution in [2.75, 3.05) is 5.32 Å². The van der Waals surface area contributed by atoms with Crippen molar-refractivity contribution in [2.45, 2.75) is 32.5 Å². The molecule has 106 valence electrons. The molecule has 0 aromatic heterocycles. The molecule has 0 bridgehead atoms. The minimum atomic E-state index is -0.796. The molecule has 20 heavy (non-hydrogen) atoms. The monoisotopic (exact) mass is 275 g/mol. The van der Waals surface area contributed by atoms with Gasteiger partial charge < -0.3 is 15.2 Å². The highest BCUT2D eigenvalue weighted by atomic mass is 16.5. The topological polar surface area (TPSA) is 75.6 Å². The predicted octanol–water partition coefficient (Wildman–Crippen LogP) is 2.16. The lowest BCUT2D eigenvalue weighted by Crippen LogP contribution is -2.21. The zero-order chi connectivity index (χ0) is 14.1. The number of fused-ring (bicyclic) bond motifs is 1. The third-order valence-corrected chi connectivity index (χ3v) is 4.14. The Morgan fingerprint density at radius 1 is 1.15 bits per heavy atom. The van der Waals surface area contributed by atoms with Crippen molar-refractivity contribution in [1.29, 1.82) is 0 Å². The molecule has 0 radical (unpaired) electrons. The summed E-state index contributed by atoms with van der Waals surface area (Å²) in [6, 6.07) is 5.77. The van der Waals surface area contributed by atoms with Crippen LogP contribution in [0.5, 0.6) is 0 Å². The number of benzene rings is 1. The molecule has 3 rings (SSSR count). The lowest BCUT2D eigenvalue weighted by atomic mass is 10.0. The van der Waals surface area contributed by atoms with E-state index in [1.54, 1.807) is 0 Å². The molecule has 1 amide bonds. The summed E-state index contributed by atoms with van der Waals surface area (Å²) in [5, 5.41) is 11.8. The average Bonchev–Trinajstić information content (AvgIpc) is 3.07. The van der Waals surface area contributed by atoms with Crippen LogP contribution in [0.1, 0.15) is 30.4 Å². The highest BCUT2D eigenvalue weighted by Crippen LogP contribution is 2.32. The van der Waals surface area contributed by atoms with Crippen LogP contribution >= 0.6 is 0 Å². The Balaban J connectivity index is 1.63. The largest absolute Gasteiger partial charge is 0.481 e. The number of aliphatic carboxylic acids is 1. The maximum Gasteiger partial charge on any atom is 0.306 e. The molecule has 1 saturated carbocycles. The minimum absolute atomic E-state index is 0.0763. The molecule has 1 heterocycles. The number of carboxylic acids is 1. The van der Waals surface area contributed by atoms with Crippen molar-refractivity contribution in [3.05, 3.63) is 29.3 Å². The summed E-state index contributed by atoms with van der Waals surface area (Å²) in [4.78, 5) is 23.1. The number of carbonyl (C=O) groups excluding carboxylic acids is 1. The Morgan fingerprint density at radius 2 is 1.90 bits per heavy atom. The maximum atomic E-state index is 12.1. The van der Waals surface area contributed by atoms with Gasteiger partial charge in [-0.2, -0.15) is 0 Å². The van der Waals surface area contributed by atoms with Gasteiger partial charge in [0.2, 0.25) is 5.91 Å². The van der Waals surface area contributed by atoms with Gasteiger partial charge in [0.25, 0.3) is 0 Å². The van der Waals surface area contributed by atoms with Crippen LogP contribution in [-0.2, 0) is 27.5 Å². The maximum absolute atomic E-state index is 12.1. The smallest absolute Gasteiger partial charge is 0.306 e. The molecule has 0 saturated heterocycles. The van der Waals surface area contributed by atoms with Crippen molar-refractivity contribution in [3.63, 3.8) is 0 Å². The van der Waals surface area contributed by atoms with Crippen LogP contribution in [0.25, 0.3) is 0 Å². The lowest BCUT2D eigenvalue weighted by molar-refractivity contribution is -0.141. The lowest BCUT2D eigenvalue weighted by Gasteiger charge is -2.11. The van der Waals surface area contributed by atoms with Crippen LogP contribution in [0.4, 0.5) is 5.69 Å². The van der Waals surface area contributed by atoms with Gasteiger partial charge in [-0.1, -0.05) is 6.07 Å². The van der Waals surface area contributed by atoms with Crippen LogP contribution in [0.3, 0.4) is 0 Å². The van der Waals surface area contributed by atoms with Crippen molar-refractivity contribution < 1.29 is 19.4 Å². The summed E-state index contributed by atoms with van der Waals surface area (Å²) in [5.41, 5.74) is 3.03. The second-order valence-corrected chi connectivity index (χ2v) is 5.51. The van der Waals surface area contributed by atoms with E-state index in [-0.39, 0.29) is 17.7 Å². The molecular formula is C15H17NO4. The number of anilines is 1. The van der Waals surface area contributed by atoms with Crippen LogP contribution in [0, 0.1) is 11.8 Å². The van der Waals surface area contributed by atoms with E-state index in [0.29, 0.717) is 32.5 Å². The zero-order valence-electron chi connectivity index (χ0n) is 11.1. The van der Waals surface area contributed by atoms with E-state index < -0.39 is 5.97 Å². The summed E-state index contributed by atoms with van der Waals surface area (Å²) in [6.45, 7) is 1.22. The number of hydrogen-bond donors (Lipinski definition) is 2. The molecule has 5 heteroatoms. The number of ether oxygens (including phenoxy) is 1. The Bertz CT molecular complexity index is 555. The molecule has 1 aliphatic heterocycles. The Labute approximate surface area is 116 Å². The Hall–Kier alpha value is -1.88. The van der Waals surface area contributed by atoms with E-state index in [1.165, 1.54) is 0 Å². The summed E-state index contributed by atoms with van der Waals surface area (Å²) < 4.78 is 5.34. The first-order valence-electron chi connectivity index (χ1n) is 6.86. The number of hydrogen-bond acceptors (Lipinski definition) is 3. The fourth-order valence-electron chi connectivity index (χ4n) is 2.94. The predicted molar refractivity (Wildman–Crippen MR) is 72.0 cm³/mol. The number of carbonyl (C=O) groups is 2. The third-order valence-electron chi connectivity index (χ3n) is 4.14. The van der Waals surface area contributed by atoms with Gasteiger partial charge in [-0.05, 0) is 42.5 Å². The van der Waals surface area contributed by atoms with Gasteiger partial charge in [0.05, 0.1) is 19.1 Å². The van der Waals surface area contributed by atoms with Gasteiger partial charge in [0, 0.05) is 11.6 Å². The van der Waals surface area contributed by atoms with Gasteiger partial charge in [-0.3, -0.25) is 9.59 Å². The molecule has 1 aliphatic carbocycles. The highest BCUT2D eigenvalue weighted by Gasteiger charge is 2.33. The van der Waals surface area contributed by atoms with Crippen molar-refractivity contribution in [1.82, 2.24) is 0 Å². The fourth-order valence-corrected chi connectivity index (χ4v) is 2.94. The van der Waals surface area contributed by atoms with Gasteiger partial charge in [0.15, 0.2) is 0 Å². The van der Waals surface area contributed by atoms with E-state index >= 15 is 0 Å². The van der Waals surface area contributed by atoms with E-state index in [1.807, 2.05) is 18.2 Å². The number of carboxylic acid groups (broad SMARTS) is 1. The van der Waals surface area contributed by atoms with Crippen LogP contribution in [0.2, 0.25) is 0 Å². The molecule has 5 nitrogen and oxygen atoms in total. The Kier molecular flexibility index (Phi) is 3.44. The quantitative estimate of drug-likeness (QED) is 0.886. The van der Waals surface area contributed by atoms with E-state index in [4.69, 9.17) is 9.84 Å². The SMILES string of the molecule is O=C(O)[C@@H]1CC[C@H](C(=O)Nc2ccc3c(c2)COC3)C1. The number of amides is 1. The average molecular weight is 275 g/mol. The second-order valence-electron chi connectivity index (χ2n) is 5.51. The summed E-state index contributed by atoms with van der Waals surface area (Å²) in [6.07, 6.45) is 1.68. The Morgan fingerprint density at radius 3 is 2.65 bits per heavy atom. The summed E-state index contributed by atoms with van der Waals surface area (Å²) in [7, 11) is 0. The van der Waals surface area contributed by atoms with Gasteiger partial charge in [-0.25, -0.2) is 0 Å². The molecule has 2 atom stereocenters. The van der Waals surface area contributed by atoms with Crippen molar-refractivity contribution >= 4 is 17.6 Å². The first-order chi connectivity index (χ1) is 9.63. The summed E-state index contributed by atoms with van der Waals surface area (Å²) >= 11 is 0. The number of rotatable bonds is 3. The van der Waals surface area contributed by atoms with Crippen LogP contribution in [-0.4, -0.2) is 17.0 Å². The molecular weight excluding hydrogens is 258 g/mol. The molecule has 1 aromatic rings. The van der Waals surface area contributed by atoms with Crippen LogP contribution in [0.15, 0.2) is 18.2 Å². The fraction of sp³-hybridized carbons (Fsp3) is 0.467. The third kappa shape index (κ3) is 2.54. The van der Waals surface area contributed by atoms with E-state index in [0.717, 1.165) is 16.8 Å². The molecule has 2 N–H and O–H groups in total. The second kappa shape index (κ2) is 5.25. The first kappa shape index (κ1) is 13.1. The van der Waals surface area contributed by atoms with Gasteiger partial charge in [0.1, 0.15) is 0 Å². The zero-order valence-corrected chi connectivity index (χ0v) is 11.1. The standard InChI is InChI=1S/C15H17NO4/c17-14(9-1-2-10(5-9)15(18)19)16-13-4-3-11-7-20-8-12(11)6-13/h3-4,6,9-10H,1-2,5,7-8H2,(H,16,17)(H,18,19)/t9-,10+/m0/s1. The summed E-state index contributed by atoms with van der Waals surface area (Å²) in [5.74, 6) is -1.44. The van der Waals surface area contributed by atoms with Gasteiger partial charge in [-0.15, -0.1) is 0 Å². The highest BCUT2D eigenvalue weighted by molar-refractivity contribution is 5.93. The van der Waals surface area contributed by atoms with Crippen LogP contribution < -0.4 is 5.32 Å². The van der Waals surface area contributed by atoms with E-state index in [2.05, 4.69) is 5.32 Å².